The average molecular weight is 395 g/mol. The van der Waals surface area contributed by atoms with E-state index in [-0.39, 0.29) is 5.41 Å². The highest BCUT2D eigenvalue weighted by Crippen LogP contribution is 2.45. The Labute approximate surface area is 176 Å². The second-order valence-corrected chi connectivity index (χ2v) is 8.73. The van der Waals surface area contributed by atoms with Gasteiger partial charge in [-0.05, 0) is 49.3 Å². The first kappa shape index (κ1) is 21.6. The summed E-state index contributed by atoms with van der Waals surface area (Å²) in [5.74, 6) is 0.868. The van der Waals surface area contributed by atoms with Gasteiger partial charge in [-0.2, -0.15) is 0 Å². The molecule has 1 aromatic rings. The van der Waals surface area contributed by atoms with E-state index in [1.807, 2.05) is 0 Å². The van der Waals surface area contributed by atoms with Gasteiger partial charge in [0, 0.05) is 23.1 Å². The lowest BCUT2D eigenvalue weighted by Crippen LogP contribution is -2.34. The Bertz CT molecular complexity index is 826. The second-order valence-electron chi connectivity index (χ2n) is 8.73. The molecule has 3 nitrogen and oxygen atoms in total. The standard InChI is InChI=1S/C26H35NO2/c1-6-26(19(2)3,18-22-10-8-7-9-11-22)25(28)24-20(4)16-23(17-21(24)5)27-12-14-29-15-13-27/h7-11,16-17,19H,6,12-15,18H2,1-5H3/p+1. The molecule has 1 aromatic carbocycles. The minimum atomic E-state index is -0.280. The van der Waals surface area contributed by atoms with Crippen molar-refractivity contribution in [3.05, 3.63) is 70.5 Å². The van der Waals surface area contributed by atoms with Crippen LogP contribution in [-0.4, -0.2) is 41.7 Å². The lowest BCUT2D eigenvalue weighted by molar-refractivity contribution is -0.547. The number of ether oxygens (including phenoxy) is 1. The van der Waals surface area contributed by atoms with Gasteiger partial charge >= 0.3 is 0 Å². The first-order valence-electron chi connectivity index (χ1n) is 10.9. The molecule has 29 heavy (non-hydrogen) atoms. The first-order valence-corrected chi connectivity index (χ1v) is 10.9. The Kier molecular flexibility index (Phi) is 6.79. The molecular formula is C26H36NO2+. The van der Waals surface area contributed by atoms with Crippen LogP contribution in [0.5, 0.6) is 0 Å². The minimum Gasteiger partial charge on any atom is -0.511 e. The number of aliphatic hydroxyl groups is 1. The summed E-state index contributed by atoms with van der Waals surface area (Å²) < 4.78 is 7.88. The van der Waals surface area contributed by atoms with Gasteiger partial charge in [-0.1, -0.05) is 51.1 Å². The van der Waals surface area contributed by atoms with Crippen LogP contribution in [0.25, 0.3) is 0 Å². The maximum absolute atomic E-state index is 11.7. The number of rotatable bonds is 5. The third kappa shape index (κ3) is 4.40. The van der Waals surface area contributed by atoms with Crippen LogP contribution >= 0.6 is 0 Å². The number of hydrogen-bond donors (Lipinski definition) is 1. The lowest BCUT2D eigenvalue weighted by atomic mass is 9.67. The predicted molar refractivity (Wildman–Crippen MR) is 121 cm³/mol. The Morgan fingerprint density at radius 2 is 1.66 bits per heavy atom. The van der Waals surface area contributed by atoms with Crippen LogP contribution < -0.4 is 0 Å². The SMILES string of the molecule is CCC(Cc1ccccc1)(C(O)=C1C(C)=CC(=[N+]2CCOCC2)C=C1C)C(C)C. The van der Waals surface area contributed by atoms with Crippen molar-refractivity contribution in [1.29, 1.82) is 0 Å². The van der Waals surface area contributed by atoms with Gasteiger partial charge in [0.15, 0.2) is 13.1 Å². The number of morpholine rings is 1. The van der Waals surface area contributed by atoms with Crippen LogP contribution in [0.4, 0.5) is 0 Å². The Hall–Kier alpha value is -2.13. The molecule has 3 rings (SSSR count). The van der Waals surface area contributed by atoms with Crippen molar-refractivity contribution in [2.45, 2.75) is 47.5 Å². The van der Waals surface area contributed by atoms with Crippen molar-refractivity contribution in [3.63, 3.8) is 0 Å². The van der Waals surface area contributed by atoms with Crippen molar-refractivity contribution < 1.29 is 14.4 Å². The van der Waals surface area contributed by atoms with Crippen LogP contribution in [0, 0.1) is 11.3 Å². The molecule has 1 aliphatic heterocycles. The molecule has 0 amide bonds. The maximum Gasteiger partial charge on any atom is 0.200 e. The molecule has 1 unspecified atom stereocenters. The van der Waals surface area contributed by atoms with E-state index < -0.39 is 0 Å². The molecule has 3 heteroatoms. The summed E-state index contributed by atoms with van der Waals surface area (Å²) in [6.45, 7) is 14.3. The summed E-state index contributed by atoms with van der Waals surface area (Å²) in [7, 11) is 0. The van der Waals surface area contributed by atoms with Gasteiger partial charge in [0.25, 0.3) is 0 Å². The summed E-state index contributed by atoms with van der Waals surface area (Å²) in [6.07, 6.45) is 6.20. The minimum absolute atomic E-state index is 0.280. The highest BCUT2D eigenvalue weighted by atomic mass is 16.5. The molecule has 0 spiro atoms. The third-order valence-electron chi connectivity index (χ3n) is 6.70. The Balaban J connectivity index is 2.06. The number of allylic oxidation sites excluding steroid dienone is 6. The summed E-state index contributed by atoms with van der Waals surface area (Å²) in [5, 5.41) is 11.7. The predicted octanol–water partition coefficient (Wildman–Crippen LogP) is 5.48. The van der Waals surface area contributed by atoms with E-state index in [0.29, 0.717) is 11.7 Å². The summed E-state index contributed by atoms with van der Waals surface area (Å²) in [6, 6.07) is 10.6. The normalized spacial score (nSPS) is 19.7. The zero-order valence-corrected chi connectivity index (χ0v) is 18.7. The molecule has 1 heterocycles. The fourth-order valence-electron chi connectivity index (χ4n) is 4.79. The van der Waals surface area contributed by atoms with Gasteiger partial charge in [0.1, 0.15) is 19.0 Å². The number of benzene rings is 1. The number of aliphatic hydroxyl groups excluding tert-OH is 1. The zero-order chi connectivity index (χ0) is 21.0. The maximum atomic E-state index is 11.7. The highest BCUT2D eigenvalue weighted by molar-refractivity contribution is 6.04. The fourth-order valence-corrected chi connectivity index (χ4v) is 4.79. The molecule has 2 aliphatic rings. The van der Waals surface area contributed by atoms with Gasteiger partial charge in [-0.3, -0.25) is 0 Å². The smallest absolute Gasteiger partial charge is 0.200 e. The van der Waals surface area contributed by atoms with Gasteiger partial charge < -0.3 is 9.84 Å². The van der Waals surface area contributed by atoms with E-state index in [2.05, 4.69) is 81.7 Å². The topological polar surface area (TPSA) is 32.5 Å². The van der Waals surface area contributed by atoms with Gasteiger partial charge in [0.05, 0.1) is 0 Å². The molecule has 1 N–H and O–H groups in total. The summed E-state index contributed by atoms with van der Waals surface area (Å²) in [5.41, 5.74) is 5.54. The number of hydrogen-bond acceptors (Lipinski definition) is 2. The molecule has 1 aliphatic carbocycles. The molecular weight excluding hydrogens is 358 g/mol. The van der Waals surface area contributed by atoms with E-state index >= 15 is 0 Å². The third-order valence-corrected chi connectivity index (χ3v) is 6.70. The molecule has 0 saturated carbocycles. The van der Waals surface area contributed by atoms with Crippen molar-refractivity contribution in [2.75, 3.05) is 26.3 Å². The van der Waals surface area contributed by atoms with Crippen molar-refractivity contribution in [1.82, 2.24) is 0 Å². The van der Waals surface area contributed by atoms with Crippen LogP contribution in [0.1, 0.15) is 46.6 Å². The summed E-state index contributed by atoms with van der Waals surface area (Å²) >= 11 is 0. The van der Waals surface area contributed by atoms with Crippen LogP contribution in [-0.2, 0) is 11.2 Å². The van der Waals surface area contributed by atoms with Crippen LogP contribution in [0.2, 0.25) is 0 Å². The van der Waals surface area contributed by atoms with Crippen LogP contribution in [0.15, 0.2) is 65.0 Å². The van der Waals surface area contributed by atoms with Gasteiger partial charge in [-0.15, -0.1) is 0 Å². The lowest BCUT2D eigenvalue weighted by Gasteiger charge is -2.38. The monoisotopic (exact) mass is 394 g/mol. The highest BCUT2D eigenvalue weighted by Gasteiger charge is 2.39. The van der Waals surface area contributed by atoms with E-state index in [9.17, 15) is 5.11 Å². The van der Waals surface area contributed by atoms with Gasteiger partial charge in [0.2, 0.25) is 5.71 Å². The fraction of sp³-hybridized carbons (Fsp3) is 0.500. The van der Waals surface area contributed by atoms with E-state index in [1.165, 1.54) is 11.3 Å². The quantitative estimate of drug-likeness (QED) is 0.529. The zero-order valence-electron chi connectivity index (χ0n) is 18.7. The first-order chi connectivity index (χ1) is 13.9. The molecule has 1 atom stereocenters. The second kappa shape index (κ2) is 9.13. The van der Waals surface area contributed by atoms with E-state index in [4.69, 9.17) is 4.74 Å². The van der Waals surface area contributed by atoms with Gasteiger partial charge in [-0.25, -0.2) is 4.58 Å². The van der Waals surface area contributed by atoms with E-state index in [0.717, 1.165) is 55.9 Å². The molecule has 1 saturated heterocycles. The Morgan fingerprint density at radius 1 is 1.07 bits per heavy atom. The van der Waals surface area contributed by atoms with E-state index in [1.54, 1.807) is 0 Å². The molecule has 0 radical (unpaired) electrons. The van der Waals surface area contributed by atoms with Crippen molar-refractivity contribution >= 4 is 5.71 Å². The summed E-state index contributed by atoms with van der Waals surface area (Å²) in [4.78, 5) is 0. The van der Waals surface area contributed by atoms with Crippen molar-refractivity contribution in [2.24, 2.45) is 11.3 Å². The number of nitrogens with zero attached hydrogens (tertiary/aromatic N) is 1. The Morgan fingerprint density at radius 3 is 2.17 bits per heavy atom. The largest absolute Gasteiger partial charge is 0.511 e. The molecule has 0 aromatic heterocycles. The van der Waals surface area contributed by atoms with Crippen molar-refractivity contribution in [3.8, 4) is 0 Å². The molecule has 1 fully saturated rings. The molecule has 156 valence electrons. The molecule has 0 bridgehead atoms. The van der Waals surface area contributed by atoms with Crippen LogP contribution in [0.3, 0.4) is 0 Å². The average Bonchev–Trinajstić information content (AvgIpc) is 2.72.